The van der Waals surface area contributed by atoms with Crippen LogP contribution in [0.3, 0.4) is 0 Å². The second-order valence-corrected chi connectivity index (χ2v) is 2.48. The van der Waals surface area contributed by atoms with E-state index in [1.54, 1.807) is 0 Å². The third-order valence-electron chi connectivity index (χ3n) is 0.433. The molecule has 0 spiro atoms. The number of carboxylic acid groups (broad SMARTS) is 1. The summed E-state index contributed by atoms with van der Waals surface area (Å²) in [5.74, 6) is 0. The molecule has 6 heteroatoms. The summed E-state index contributed by atoms with van der Waals surface area (Å²) in [7, 11) is -3.54. The molecular weight excluding hydrogens is 136 g/mol. The van der Waals surface area contributed by atoms with Crippen LogP contribution in [0.2, 0.25) is 0 Å². The fraction of sp³-hybridized carbons (Fsp3) is 0.500. The molecule has 0 rings (SSSR count). The van der Waals surface area contributed by atoms with Gasteiger partial charge < -0.3 is 5.11 Å². The van der Waals surface area contributed by atoms with Crippen molar-refractivity contribution in [1.29, 1.82) is 0 Å². The molecule has 0 heterocycles. The lowest BCUT2D eigenvalue weighted by Gasteiger charge is -1.88. The lowest BCUT2D eigenvalue weighted by Crippen LogP contribution is -2.12. The van der Waals surface area contributed by atoms with Crippen molar-refractivity contribution in [2.24, 2.45) is 0 Å². The Bertz CT molecular complexity index is 177. The van der Waals surface area contributed by atoms with Gasteiger partial charge in [-0.2, -0.15) is 8.42 Å². The molecule has 8 heavy (non-hydrogen) atoms. The van der Waals surface area contributed by atoms with E-state index in [0.29, 0.717) is 0 Å². The van der Waals surface area contributed by atoms with Gasteiger partial charge >= 0.3 is 15.4 Å². The molecular formula is C2H4O5S. The van der Waals surface area contributed by atoms with E-state index in [4.69, 9.17) is 5.11 Å². The minimum absolute atomic E-state index is 0.781. The molecule has 5 nitrogen and oxygen atoms in total. The predicted octanol–water partition coefficient (Wildman–Crippen LogP) is -0.359. The third-order valence-corrected chi connectivity index (χ3v) is 1.30. The number of hydrogen-bond donors (Lipinski definition) is 1. The van der Waals surface area contributed by atoms with Gasteiger partial charge in [-0.15, -0.1) is 0 Å². The summed E-state index contributed by atoms with van der Waals surface area (Å²) in [6, 6.07) is 0. The maximum Gasteiger partial charge on any atom is 0.449 e. The van der Waals surface area contributed by atoms with Crippen molar-refractivity contribution in [3.8, 4) is 0 Å². The highest BCUT2D eigenvalue weighted by Gasteiger charge is 2.18. The second kappa shape index (κ2) is 2.10. The molecule has 0 aliphatic carbocycles. The van der Waals surface area contributed by atoms with E-state index in [9.17, 15) is 13.2 Å². The molecule has 0 radical (unpaired) electrons. The van der Waals surface area contributed by atoms with Crippen LogP contribution in [0.25, 0.3) is 0 Å². The summed E-state index contributed by atoms with van der Waals surface area (Å²) in [6.45, 7) is 0. The van der Waals surface area contributed by atoms with Gasteiger partial charge in [0, 0.05) is 0 Å². The van der Waals surface area contributed by atoms with Crippen LogP contribution in [-0.2, 0) is 14.3 Å². The Morgan fingerprint density at radius 1 is 1.62 bits per heavy atom. The Morgan fingerprint density at radius 2 is 2.00 bits per heavy atom. The van der Waals surface area contributed by atoms with Gasteiger partial charge in [-0.25, -0.2) is 4.79 Å². The predicted molar refractivity (Wildman–Crippen MR) is 24.0 cm³/mol. The van der Waals surface area contributed by atoms with Crippen LogP contribution < -0.4 is 0 Å². The van der Waals surface area contributed by atoms with Crippen LogP contribution in [0, 0.1) is 0 Å². The van der Waals surface area contributed by atoms with Crippen LogP contribution in [0.5, 0.6) is 0 Å². The molecule has 0 aromatic rings. The Balaban J connectivity index is 4.42. The van der Waals surface area contributed by atoms with E-state index in [1.807, 2.05) is 0 Å². The normalized spacial score (nSPS) is 11.1. The van der Waals surface area contributed by atoms with Gasteiger partial charge in [0.15, 0.2) is 0 Å². The SMILES string of the molecule is COS(=O)(=O)C(=O)O. The first-order valence-electron chi connectivity index (χ1n) is 1.54. The molecule has 0 fully saturated rings. The molecule has 0 amide bonds. The summed E-state index contributed by atoms with van der Waals surface area (Å²) >= 11 is 0. The number of carbonyl (C=O) groups is 1. The van der Waals surface area contributed by atoms with Gasteiger partial charge in [0.25, 0.3) is 0 Å². The topological polar surface area (TPSA) is 80.7 Å². The van der Waals surface area contributed by atoms with Gasteiger partial charge in [0.05, 0.1) is 7.11 Å². The van der Waals surface area contributed by atoms with Gasteiger partial charge in [-0.05, 0) is 0 Å². The van der Waals surface area contributed by atoms with Crippen molar-refractivity contribution >= 4 is 15.4 Å². The van der Waals surface area contributed by atoms with Crippen molar-refractivity contribution < 1.29 is 22.5 Å². The molecule has 1 N–H and O–H groups in total. The van der Waals surface area contributed by atoms with E-state index in [1.165, 1.54) is 0 Å². The molecule has 0 saturated heterocycles. The Kier molecular flexibility index (Phi) is 1.94. The summed E-state index contributed by atoms with van der Waals surface area (Å²) in [5.41, 5.74) is 0. The largest absolute Gasteiger partial charge is 0.468 e. The van der Waals surface area contributed by atoms with Gasteiger partial charge in [-0.1, -0.05) is 0 Å². The lowest BCUT2D eigenvalue weighted by molar-refractivity contribution is 0.214. The highest BCUT2D eigenvalue weighted by Crippen LogP contribution is 1.88. The Hall–Kier alpha value is -0.620. The van der Waals surface area contributed by atoms with E-state index in [0.717, 1.165) is 7.11 Å². The summed E-state index contributed by atoms with van der Waals surface area (Å²) < 4.78 is 23.3. The van der Waals surface area contributed by atoms with Crippen molar-refractivity contribution in [3.05, 3.63) is 0 Å². The molecule has 0 aliphatic rings. The van der Waals surface area contributed by atoms with E-state index < -0.39 is 15.4 Å². The molecule has 0 unspecified atom stereocenters. The quantitative estimate of drug-likeness (QED) is 0.503. The monoisotopic (exact) mass is 140 g/mol. The first kappa shape index (κ1) is 7.38. The van der Waals surface area contributed by atoms with Crippen molar-refractivity contribution in [2.45, 2.75) is 0 Å². The highest BCUT2D eigenvalue weighted by molar-refractivity contribution is 8.01. The zero-order valence-electron chi connectivity index (χ0n) is 3.99. The molecule has 0 bridgehead atoms. The maximum absolute atomic E-state index is 9.88. The Morgan fingerprint density at radius 3 is 2.00 bits per heavy atom. The van der Waals surface area contributed by atoms with Crippen molar-refractivity contribution in [3.63, 3.8) is 0 Å². The second-order valence-electron chi connectivity index (χ2n) is 0.887. The van der Waals surface area contributed by atoms with E-state index in [-0.39, 0.29) is 0 Å². The molecule has 0 atom stereocenters. The average Bonchev–Trinajstić information content (AvgIpc) is 1.67. The van der Waals surface area contributed by atoms with E-state index in [2.05, 4.69) is 4.18 Å². The van der Waals surface area contributed by atoms with E-state index >= 15 is 0 Å². The summed E-state index contributed by atoms with van der Waals surface area (Å²) in [4.78, 5) is 9.54. The zero-order chi connectivity index (χ0) is 6.78. The zero-order valence-corrected chi connectivity index (χ0v) is 4.80. The van der Waals surface area contributed by atoms with Gasteiger partial charge in [0.1, 0.15) is 0 Å². The minimum Gasteiger partial charge on any atom is -0.468 e. The minimum atomic E-state index is -4.32. The number of rotatable bonds is 1. The molecule has 0 saturated carbocycles. The number of hydrogen-bond acceptors (Lipinski definition) is 4. The smallest absolute Gasteiger partial charge is 0.449 e. The third kappa shape index (κ3) is 1.47. The van der Waals surface area contributed by atoms with Crippen molar-refractivity contribution in [2.75, 3.05) is 7.11 Å². The molecule has 48 valence electrons. The van der Waals surface area contributed by atoms with Crippen molar-refractivity contribution in [1.82, 2.24) is 0 Å². The molecule has 0 aromatic carbocycles. The average molecular weight is 140 g/mol. The van der Waals surface area contributed by atoms with Crippen LogP contribution in [-0.4, -0.2) is 25.9 Å². The Labute approximate surface area is 46.0 Å². The maximum atomic E-state index is 9.88. The van der Waals surface area contributed by atoms with Crippen LogP contribution in [0.1, 0.15) is 0 Å². The van der Waals surface area contributed by atoms with Crippen LogP contribution in [0.4, 0.5) is 4.79 Å². The molecule has 0 aromatic heterocycles. The fourth-order valence-electron chi connectivity index (χ4n) is 0.0713. The van der Waals surface area contributed by atoms with Crippen LogP contribution in [0.15, 0.2) is 0 Å². The first-order chi connectivity index (χ1) is 3.50. The van der Waals surface area contributed by atoms with Gasteiger partial charge in [-0.3, -0.25) is 4.18 Å². The summed E-state index contributed by atoms with van der Waals surface area (Å²) in [5, 5.41) is 5.76. The highest BCUT2D eigenvalue weighted by atomic mass is 32.2. The standard InChI is InChI=1S/C2H4O5S/c1-7-8(5,6)2(3)4/h1H3,(H,3,4). The summed E-state index contributed by atoms with van der Waals surface area (Å²) in [6.07, 6.45) is 0. The lowest BCUT2D eigenvalue weighted by atomic mass is 11.6. The fourth-order valence-corrected chi connectivity index (χ4v) is 0.214. The van der Waals surface area contributed by atoms with Crippen LogP contribution >= 0.6 is 0 Å². The first-order valence-corrected chi connectivity index (χ1v) is 2.95. The molecule has 0 aliphatic heterocycles. The van der Waals surface area contributed by atoms with Gasteiger partial charge in [0.2, 0.25) is 0 Å².